The number of hydrogen-bond acceptors (Lipinski definition) is 3. The molecule has 4 nitrogen and oxygen atoms in total. The van der Waals surface area contributed by atoms with E-state index in [1.165, 1.54) is 22.7 Å². The van der Waals surface area contributed by atoms with Crippen LogP contribution in [-0.4, -0.2) is 35.1 Å². The van der Waals surface area contributed by atoms with Gasteiger partial charge in [-0.3, -0.25) is 9.59 Å². The summed E-state index contributed by atoms with van der Waals surface area (Å²) in [4.78, 5) is 27.0. The Balaban J connectivity index is 2.08. The summed E-state index contributed by atoms with van der Waals surface area (Å²) in [6, 6.07) is 11.0. The highest BCUT2D eigenvalue weighted by molar-refractivity contribution is 7.99. The van der Waals surface area contributed by atoms with E-state index in [4.69, 9.17) is 23.2 Å². The maximum absolute atomic E-state index is 13.9. The van der Waals surface area contributed by atoms with Crippen LogP contribution in [0, 0.1) is 5.82 Å². The second-order valence-corrected chi connectivity index (χ2v) is 8.64. The lowest BCUT2D eigenvalue weighted by Crippen LogP contribution is -2.48. The second kappa shape index (κ2) is 12.2. The van der Waals surface area contributed by atoms with Gasteiger partial charge < -0.3 is 10.2 Å². The van der Waals surface area contributed by atoms with Crippen LogP contribution in [0.4, 0.5) is 4.39 Å². The van der Waals surface area contributed by atoms with E-state index in [-0.39, 0.29) is 29.9 Å². The molecule has 8 heteroatoms. The van der Waals surface area contributed by atoms with Crippen molar-refractivity contribution in [3.63, 3.8) is 0 Å². The first-order valence-electron chi connectivity index (χ1n) is 9.65. The SMILES string of the molecule is CCCNC(=O)[C@H](C)N(Cc1ccc(Cl)cc1)C(=O)CSCc1c(F)cccc1Cl. The number of hydrogen-bond donors (Lipinski definition) is 1. The molecular formula is C22H25Cl2FN2O2S. The molecule has 0 saturated heterocycles. The molecule has 1 N–H and O–H groups in total. The van der Waals surface area contributed by atoms with Crippen molar-refractivity contribution in [2.45, 2.75) is 38.6 Å². The van der Waals surface area contributed by atoms with E-state index < -0.39 is 11.9 Å². The number of benzene rings is 2. The van der Waals surface area contributed by atoms with Crippen LogP contribution >= 0.6 is 35.0 Å². The summed E-state index contributed by atoms with van der Waals surface area (Å²) in [5.74, 6) is -0.442. The zero-order valence-corrected chi connectivity index (χ0v) is 19.3. The van der Waals surface area contributed by atoms with Gasteiger partial charge in [0.1, 0.15) is 11.9 Å². The third kappa shape index (κ3) is 7.18. The predicted molar refractivity (Wildman–Crippen MR) is 122 cm³/mol. The maximum Gasteiger partial charge on any atom is 0.242 e. The highest BCUT2D eigenvalue weighted by Gasteiger charge is 2.26. The minimum atomic E-state index is -0.641. The van der Waals surface area contributed by atoms with Crippen LogP contribution in [0.3, 0.4) is 0 Å². The number of nitrogens with one attached hydrogen (secondary N) is 1. The van der Waals surface area contributed by atoms with Gasteiger partial charge in [0.15, 0.2) is 0 Å². The summed E-state index contributed by atoms with van der Waals surface area (Å²) in [5.41, 5.74) is 1.24. The van der Waals surface area contributed by atoms with Crippen molar-refractivity contribution in [2.75, 3.05) is 12.3 Å². The summed E-state index contributed by atoms with van der Waals surface area (Å²) in [5, 5.41) is 3.76. The number of amides is 2. The molecule has 0 unspecified atom stereocenters. The Kier molecular flexibility index (Phi) is 9.95. The molecule has 2 aromatic carbocycles. The van der Waals surface area contributed by atoms with Crippen molar-refractivity contribution in [1.29, 1.82) is 0 Å². The van der Waals surface area contributed by atoms with Crippen molar-refractivity contribution < 1.29 is 14.0 Å². The molecule has 30 heavy (non-hydrogen) atoms. The van der Waals surface area contributed by atoms with Crippen molar-refractivity contribution in [3.05, 3.63) is 69.5 Å². The molecule has 0 aliphatic heterocycles. The van der Waals surface area contributed by atoms with E-state index in [0.29, 0.717) is 22.2 Å². The molecular weight excluding hydrogens is 446 g/mol. The minimum Gasteiger partial charge on any atom is -0.354 e. The molecule has 0 aliphatic carbocycles. The standard InChI is InChI=1S/C22H25Cl2FN2O2S/c1-3-11-26-22(29)15(2)27(12-16-7-9-17(23)10-8-16)21(28)14-30-13-18-19(24)5-4-6-20(18)25/h4-10,15H,3,11-14H2,1-2H3,(H,26,29)/t15-/m0/s1. The fraction of sp³-hybridized carbons (Fsp3) is 0.364. The van der Waals surface area contributed by atoms with E-state index in [9.17, 15) is 14.0 Å². The Bertz CT molecular complexity index is 844. The van der Waals surface area contributed by atoms with E-state index in [1.54, 1.807) is 31.2 Å². The van der Waals surface area contributed by atoms with Crippen LogP contribution in [0.5, 0.6) is 0 Å². The Morgan fingerprint density at radius 2 is 1.87 bits per heavy atom. The molecule has 0 bridgehead atoms. The molecule has 0 aromatic heterocycles. The van der Waals surface area contributed by atoms with Gasteiger partial charge in [-0.05, 0) is 43.2 Å². The van der Waals surface area contributed by atoms with Gasteiger partial charge in [0.05, 0.1) is 5.75 Å². The van der Waals surface area contributed by atoms with Crippen LogP contribution < -0.4 is 5.32 Å². The van der Waals surface area contributed by atoms with Crippen LogP contribution in [0.2, 0.25) is 10.0 Å². The molecule has 162 valence electrons. The number of carbonyl (C=O) groups is 2. The van der Waals surface area contributed by atoms with Gasteiger partial charge in [-0.15, -0.1) is 11.8 Å². The molecule has 0 fully saturated rings. The quantitative estimate of drug-likeness (QED) is 0.511. The van der Waals surface area contributed by atoms with E-state index in [0.717, 1.165) is 12.0 Å². The third-order valence-corrected chi connectivity index (χ3v) is 6.07. The van der Waals surface area contributed by atoms with Crippen molar-refractivity contribution in [2.24, 2.45) is 0 Å². The van der Waals surface area contributed by atoms with Crippen molar-refractivity contribution in [3.8, 4) is 0 Å². The van der Waals surface area contributed by atoms with Gasteiger partial charge in [-0.25, -0.2) is 4.39 Å². The van der Waals surface area contributed by atoms with Crippen LogP contribution in [0.25, 0.3) is 0 Å². The molecule has 0 radical (unpaired) electrons. The first-order chi connectivity index (χ1) is 14.3. The Morgan fingerprint density at radius 1 is 1.17 bits per heavy atom. The smallest absolute Gasteiger partial charge is 0.242 e. The van der Waals surface area contributed by atoms with Gasteiger partial charge in [0.2, 0.25) is 11.8 Å². The topological polar surface area (TPSA) is 49.4 Å². The number of halogens is 3. The number of thioether (sulfide) groups is 1. The minimum absolute atomic E-state index is 0.101. The van der Waals surface area contributed by atoms with Gasteiger partial charge in [0.25, 0.3) is 0 Å². The van der Waals surface area contributed by atoms with Gasteiger partial charge in [0, 0.05) is 34.5 Å². The van der Waals surface area contributed by atoms with Crippen LogP contribution in [-0.2, 0) is 21.9 Å². The summed E-state index contributed by atoms with van der Waals surface area (Å²) < 4.78 is 13.9. The number of nitrogens with zero attached hydrogens (tertiary/aromatic N) is 1. The number of carbonyl (C=O) groups excluding carboxylic acids is 2. The maximum atomic E-state index is 13.9. The molecule has 2 rings (SSSR count). The normalized spacial score (nSPS) is 11.8. The Labute approximate surface area is 191 Å². The Morgan fingerprint density at radius 3 is 2.50 bits per heavy atom. The van der Waals surface area contributed by atoms with Gasteiger partial charge in [-0.1, -0.05) is 48.3 Å². The predicted octanol–water partition coefficient (Wildman–Crippen LogP) is 5.31. The fourth-order valence-corrected chi connectivity index (χ4v) is 4.13. The zero-order valence-electron chi connectivity index (χ0n) is 17.0. The molecule has 0 aliphatic rings. The first kappa shape index (κ1) is 24.5. The summed E-state index contributed by atoms with van der Waals surface area (Å²) >= 11 is 13.3. The Hall–Kier alpha value is -1.76. The summed E-state index contributed by atoms with van der Waals surface area (Å²) in [7, 11) is 0. The molecule has 0 saturated carbocycles. The molecule has 2 amide bonds. The molecule has 2 aromatic rings. The lowest BCUT2D eigenvalue weighted by Gasteiger charge is -2.28. The lowest BCUT2D eigenvalue weighted by atomic mass is 10.1. The largest absolute Gasteiger partial charge is 0.354 e. The lowest BCUT2D eigenvalue weighted by molar-refractivity contribution is -0.138. The highest BCUT2D eigenvalue weighted by atomic mass is 35.5. The fourth-order valence-electron chi connectivity index (χ4n) is 2.76. The van der Waals surface area contributed by atoms with Crippen LogP contribution in [0.1, 0.15) is 31.4 Å². The van der Waals surface area contributed by atoms with Gasteiger partial charge >= 0.3 is 0 Å². The highest BCUT2D eigenvalue weighted by Crippen LogP contribution is 2.24. The average molecular weight is 471 g/mol. The third-order valence-electron chi connectivity index (χ3n) is 4.52. The van der Waals surface area contributed by atoms with Crippen molar-refractivity contribution in [1.82, 2.24) is 10.2 Å². The first-order valence-corrected chi connectivity index (χ1v) is 11.6. The monoisotopic (exact) mass is 470 g/mol. The summed E-state index contributed by atoms with van der Waals surface area (Å²) in [6.07, 6.45) is 0.808. The number of rotatable bonds is 10. The molecule has 1 atom stereocenters. The van der Waals surface area contributed by atoms with Gasteiger partial charge in [-0.2, -0.15) is 0 Å². The second-order valence-electron chi connectivity index (χ2n) is 6.81. The molecule has 0 spiro atoms. The average Bonchev–Trinajstić information content (AvgIpc) is 2.73. The van der Waals surface area contributed by atoms with E-state index >= 15 is 0 Å². The molecule has 0 heterocycles. The van der Waals surface area contributed by atoms with Crippen LogP contribution in [0.15, 0.2) is 42.5 Å². The van der Waals surface area contributed by atoms with E-state index in [2.05, 4.69) is 5.32 Å². The summed E-state index contributed by atoms with van der Waals surface area (Å²) in [6.45, 7) is 4.49. The van der Waals surface area contributed by atoms with Crippen molar-refractivity contribution >= 4 is 46.8 Å². The van der Waals surface area contributed by atoms with E-state index in [1.807, 2.05) is 19.1 Å². The zero-order chi connectivity index (χ0) is 22.1.